The third-order valence-electron chi connectivity index (χ3n) is 6.30. The molecule has 3 aliphatic rings. The molecule has 0 saturated carbocycles. The normalized spacial score (nSPS) is 30.2. The first-order valence-electron chi connectivity index (χ1n) is 10.1. The van der Waals surface area contributed by atoms with Gasteiger partial charge in [0, 0.05) is 12.6 Å². The lowest BCUT2D eigenvalue weighted by atomic mass is 9.79. The van der Waals surface area contributed by atoms with Crippen molar-refractivity contribution in [3.8, 4) is 0 Å². The lowest BCUT2D eigenvalue weighted by Crippen LogP contribution is -2.54. The van der Waals surface area contributed by atoms with Crippen LogP contribution in [0.2, 0.25) is 0 Å². The fourth-order valence-electron chi connectivity index (χ4n) is 4.90. The van der Waals surface area contributed by atoms with Gasteiger partial charge in [0.1, 0.15) is 5.60 Å². The zero-order valence-corrected chi connectivity index (χ0v) is 18.9. The summed E-state index contributed by atoms with van der Waals surface area (Å²) in [5.74, 6) is -3.69. The molecule has 2 saturated heterocycles. The molecule has 3 aliphatic heterocycles. The molecule has 0 aromatic heterocycles. The average molecular weight is 495 g/mol. The number of nitrogens with zero attached hydrogens (tertiary/aromatic N) is 2. The predicted molar refractivity (Wildman–Crippen MR) is 112 cm³/mol. The van der Waals surface area contributed by atoms with E-state index in [1.165, 1.54) is 24.3 Å². The van der Waals surface area contributed by atoms with Gasteiger partial charge >= 0.3 is 11.9 Å². The number of nitro benzene ring substituents is 1. The topological polar surface area (TPSA) is 171 Å². The number of amides is 1. The highest BCUT2D eigenvalue weighted by molar-refractivity contribution is 7.89. The van der Waals surface area contributed by atoms with Crippen molar-refractivity contribution in [3.05, 3.63) is 46.5 Å². The van der Waals surface area contributed by atoms with E-state index in [0.29, 0.717) is 0 Å². The summed E-state index contributed by atoms with van der Waals surface area (Å²) in [6, 6.07) is 2.26. The van der Waals surface area contributed by atoms with Gasteiger partial charge in [0.2, 0.25) is 5.91 Å². The van der Waals surface area contributed by atoms with Gasteiger partial charge in [-0.3, -0.25) is 19.7 Å². The molecule has 1 amide bonds. The van der Waals surface area contributed by atoms with Gasteiger partial charge in [-0.05, 0) is 6.07 Å². The Hall–Kier alpha value is -3.36. The number of carbonyl (C=O) groups is 3. The molecule has 4 rings (SSSR count). The molecule has 34 heavy (non-hydrogen) atoms. The molecule has 1 aromatic rings. The molecular formula is C20H21N3O10S. The molecule has 0 spiro atoms. The molecular weight excluding hydrogens is 474 g/mol. The molecule has 182 valence electrons. The number of carbonyl (C=O) groups excluding carboxylic acids is 3. The standard InChI is InChI=1S/C20H21N3O10S/c1-31-14(24)10-20-15(18(25)21-17(20)19(26)32-2)16-12(33-20)7-5-9-22(16)34(29,30)13-8-4-3-6-11(13)23(27)28/h3-8,12,15-17H,9-10H2,1-2H3,(H,21,25)/t12-,15+,16+,17-,20+/m0/s1. The number of benzene rings is 1. The molecule has 0 aliphatic carbocycles. The third-order valence-corrected chi connectivity index (χ3v) is 8.21. The molecule has 13 nitrogen and oxygen atoms in total. The van der Waals surface area contributed by atoms with E-state index in [4.69, 9.17) is 14.2 Å². The molecule has 1 aromatic carbocycles. The Bertz CT molecular complexity index is 1200. The lowest BCUT2D eigenvalue weighted by Gasteiger charge is -2.34. The van der Waals surface area contributed by atoms with Crippen LogP contribution >= 0.6 is 0 Å². The number of ether oxygens (including phenoxy) is 3. The number of fused-ring (bicyclic) bond motifs is 3. The van der Waals surface area contributed by atoms with Crippen molar-refractivity contribution in [1.82, 2.24) is 9.62 Å². The molecule has 0 radical (unpaired) electrons. The number of hydrogen-bond acceptors (Lipinski definition) is 10. The van der Waals surface area contributed by atoms with Crippen molar-refractivity contribution in [2.75, 3.05) is 20.8 Å². The number of nitrogens with one attached hydrogen (secondary N) is 1. The summed E-state index contributed by atoms with van der Waals surface area (Å²) in [6.07, 6.45) is 1.46. The Balaban J connectivity index is 1.84. The molecule has 0 bridgehead atoms. The maximum atomic E-state index is 13.6. The van der Waals surface area contributed by atoms with Crippen LogP contribution in [0.5, 0.6) is 0 Å². The van der Waals surface area contributed by atoms with Crippen LogP contribution in [0.1, 0.15) is 6.42 Å². The number of nitro groups is 1. The van der Waals surface area contributed by atoms with Crippen molar-refractivity contribution in [2.45, 2.75) is 35.1 Å². The monoisotopic (exact) mass is 495 g/mol. The number of sulfonamides is 1. The van der Waals surface area contributed by atoms with Crippen molar-refractivity contribution in [1.29, 1.82) is 0 Å². The van der Waals surface area contributed by atoms with Gasteiger partial charge < -0.3 is 19.5 Å². The second-order valence-electron chi connectivity index (χ2n) is 7.95. The number of rotatable bonds is 6. The zero-order chi connectivity index (χ0) is 24.8. The summed E-state index contributed by atoms with van der Waals surface area (Å²) >= 11 is 0. The molecule has 1 N–H and O–H groups in total. The van der Waals surface area contributed by atoms with E-state index in [2.05, 4.69) is 5.32 Å². The first-order valence-corrected chi connectivity index (χ1v) is 11.6. The Morgan fingerprint density at radius 3 is 2.65 bits per heavy atom. The minimum atomic E-state index is -4.51. The zero-order valence-electron chi connectivity index (χ0n) is 18.1. The summed E-state index contributed by atoms with van der Waals surface area (Å²) < 4.78 is 43.8. The first kappa shape index (κ1) is 23.8. The lowest BCUT2D eigenvalue weighted by molar-refractivity contribution is -0.387. The van der Waals surface area contributed by atoms with Gasteiger partial charge in [0.25, 0.3) is 15.7 Å². The number of methoxy groups -OCH3 is 2. The fourth-order valence-corrected chi connectivity index (χ4v) is 6.65. The SMILES string of the molecule is COC(=O)C[C@@]12O[C@H]3C=CCN(S(=O)(=O)c4ccccc4[N+](=O)[O-])[C@H]3[C@@H]1C(=O)N[C@H]2C(=O)OC. The number of hydrogen-bond donors (Lipinski definition) is 1. The van der Waals surface area contributed by atoms with Crippen LogP contribution in [0.4, 0.5) is 5.69 Å². The van der Waals surface area contributed by atoms with Gasteiger partial charge in [-0.15, -0.1) is 0 Å². The van der Waals surface area contributed by atoms with Crippen molar-refractivity contribution >= 4 is 33.6 Å². The highest BCUT2D eigenvalue weighted by atomic mass is 32.2. The molecule has 14 heteroatoms. The minimum Gasteiger partial charge on any atom is -0.469 e. The van der Waals surface area contributed by atoms with Crippen molar-refractivity contribution in [2.24, 2.45) is 5.92 Å². The van der Waals surface area contributed by atoms with E-state index in [1.54, 1.807) is 0 Å². The average Bonchev–Trinajstić information content (AvgIpc) is 3.29. The largest absolute Gasteiger partial charge is 0.469 e. The second-order valence-corrected chi connectivity index (χ2v) is 9.81. The van der Waals surface area contributed by atoms with Gasteiger partial charge in [-0.25, -0.2) is 13.2 Å². The highest BCUT2D eigenvalue weighted by Crippen LogP contribution is 2.50. The second kappa shape index (κ2) is 8.45. The van der Waals surface area contributed by atoms with Crippen LogP contribution in [-0.4, -0.2) is 80.0 Å². The van der Waals surface area contributed by atoms with E-state index < -0.39 is 79.5 Å². The summed E-state index contributed by atoms with van der Waals surface area (Å²) in [7, 11) is -2.29. The predicted octanol–water partition coefficient (Wildman–Crippen LogP) is -0.488. The maximum absolute atomic E-state index is 13.6. The van der Waals surface area contributed by atoms with Crippen LogP contribution in [0.25, 0.3) is 0 Å². The van der Waals surface area contributed by atoms with E-state index in [-0.39, 0.29) is 6.54 Å². The third kappa shape index (κ3) is 3.45. The summed E-state index contributed by atoms with van der Waals surface area (Å²) in [5, 5.41) is 13.9. The van der Waals surface area contributed by atoms with E-state index in [0.717, 1.165) is 30.7 Å². The number of para-hydroxylation sites is 1. The van der Waals surface area contributed by atoms with Gasteiger partial charge in [-0.2, -0.15) is 4.31 Å². The Kier molecular flexibility index (Phi) is 5.91. The first-order chi connectivity index (χ1) is 16.1. The maximum Gasteiger partial charge on any atom is 0.331 e. The van der Waals surface area contributed by atoms with Gasteiger partial charge in [-0.1, -0.05) is 24.3 Å². The van der Waals surface area contributed by atoms with E-state index >= 15 is 0 Å². The highest BCUT2D eigenvalue weighted by Gasteiger charge is 2.71. The molecule has 5 atom stereocenters. The van der Waals surface area contributed by atoms with Crippen LogP contribution in [0.15, 0.2) is 41.3 Å². The Morgan fingerprint density at radius 1 is 1.29 bits per heavy atom. The van der Waals surface area contributed by atoms with Gasteiger partial charge in [0.05, 0.1) is 43.6 Å². The van der Waals surface area contributed by atoms with Crippen molar-refractivity contribution < 1.29 is 41.9 Å². The molecule has 2 fully saturated rings. The van der Waals surface area contributed by atoms with Crippen LogP contribution in [-0.2, 0) is 38.6 Å². The van der Waals surface area contributed by atoms with E-state index in [1.807, 2.05) is 0 Å². The van der Waals surface area contributed by atoms with Gasteiger partial charge in [0.15, 0.2) is 10.9 Å². The molecule has 0 unspecified atom stereocenters. The van der Waals surface area contributed by atoms with E-state index in [9.17, 15) is 32.9 Å². The number of esters is 2. The van der Waals surface area contributed by atoms with Crippen molar-refractivity contribution in [3.63, 3.8) is 0 Å². The van der Waals surface area contributed by atoms with Crippen LogP contribution < -0.4 is 5.32 Å². The van der Waals surface area contributed by atoms with Crippen LogP contribution in [0.3, 0.4) is 0 Å². The quantitative estimate of drug-likeness (QED) is 0.235. The molecule has 3 heterocycles. The minimum absolute atomic E-state index is 0.208. The Labute approximate surface area is 193 Å². The van der Waals surface area contributed by atoms with Crippen LogP contribution in [0, 0.1) is 16.0 Å². The Morgan fingerprint density at radius 2 is 2.00 bits per heavy atom. The smallest absolute Gasteiger partial charge is 0.331 e. The fraction of sp³-hybridized carbons (Fsp3) is 0.450. The summed E-state index contributed by atoms with van der Waals surface area (Å²) in [5.41, 5.74) is -2.42. The summed E-state index contributed by atoms with van der Waals surface area (Å²) in [4.78, 5) is 48.0. The summed E-state index contributed by atoms with van der Waals surface area (Å²) in [6.45, 7) is -0.208.